The molecule has 10 heteroatoms. The van der Waals surface area contributed by atoms with Gasteiger partial charge in [-0.25, -0.2) is 4.98 Å². The maximum Gasteiger partial charge on any atom is 0.268 e. The van der Waals surface area contributed by atoms with Gasteiger partial charge in [-0.2, -0.15) is 0 Å². The molecule has 3 rings (SSSR count). The van der Waals surface area contributed by atoms with E-state index in [9.17, 15) is 9.90 Å². The van der Waals surface area contributed by atoms with Crippen molar-refractivity contribution in [3.63, 3.8) is 0 Å². The SMILES string of the molecule is Cc1nc(C(CNC(N)N)NC(=O)c2ccc(-c3ccc(Cl)cc3)[nH]2)sc1CO. The molecule has 8 nitrogen and oxygen atoms in total. The number of nitrogens with two attached hydrogens (primary N) is 2. The second-order valence-corrected chi connectivity index (χ2v) is 8.02. The molecule has 2 heterocycles. The predicted molar refractivity (Wildman–Crippen MR) is 114 cm³/mol. The molecule has 2 aromatic heterocycles. The lowest BCUT2D eigenvalue weighted by atomic mass is 10.2. The summed E-state index contributed by atoms with van der Waals surface area (Å²) in [5.74, 6) is -0.291. The topological polar surface area (TPSA) is 142 Å². The van der Waals surface area contributed by atoms with Crippen LogP contribution in [0.3, 0.4) is 0 Å². The number of amides is 1. The number of nitrogens with zero attached hydrogens (tertiary/aromatic N) is 1. The lowest BCUT2D eigenvalue weighted by molar-refractivity contribution is 0.0931. The number of benzene rings is 1. The molecule has 1 unspecified atom stereocenters. The van der Waals surface area contributed by atoms with Crippen LogP contribution in [0.2, 0.25) is 5.02 Å². The second kappa shape index (κ2) is 9.49. The fourth-order valence-corrected chi connectivity index (χ4v) is 3.87. The third-order valence-electron chi connectivity index (χ3n) is 4.30. The van der Waals surface area contributed by atoms with E-state index >= 15 is 0 Å². The number of hydrogen-bond acceptors (Lipinski definition) is 7. The van der Waals surface area contributed by atoms with Crippen LogP contribution in [-0.4, -0.2) is 33.8 Å². The summed E-state index contributed by atoms with van der Waals surface area (Å²) >= 11 is 7.27. The molecule has 0 bridgehead atoms. The van der Waals surface area contributed by atoms with Gasteiger partial charge in [0.15, 0.2) is 0 Å². The Morgan fingerprint density at radius 3 is 2.62 bits per heavy atom. The second-order valence-electron chi connectivity index (χ2n) is 6.47. The number of thiazole rings is 1. The third kappa shape index (κ3) is 5.41. The fraction of sp³-hybridized carbons (Fsp3) is 0.263. The number of carbonyl (C=O) groups is 1. The predicted octanol–water partition coefficient (Wildman–Crippen LogP) is 1.85. The van der Waals surface area contributed by atoms with Crippen LogP contribution in [0.25, 0.3) is 11.3 Å². The van der Waals surface area contributed by atoms with Crippen molar-refractivity contribution in [2.45, 2.75) is 25.9 Å². The van der Waals surface area contributed by atoms with Gasteiger partial charge in [-0.3, -0.25) is 10.1 Å². The first kappa shape index (κ1) is 21.4. The Hall–Kier alpha value is -2.27. The van der Waals surface area contributed by atoms with Gasteiger partial charge in [0.25, 0.3) is 5.91 Å². The Balaban J connectivity index is 1.77. The lowest BCUT2D eigenvalue weighted by Gasteiger charge is -2.18. The summed E-state index contributed by atoms with van der Waals surface area (Å²) in [6.45, 7) is 2.01. The number of carbonyl (C=O) groups excluding carboxylic acids is 1. The molecule has 0 radical (unpaired) electrons. The van der Waals surface area contributed by atoms with Gasteiger partial charge in [0.05, 0.1) is 23.2 Å². The summed E-state index contributed by atoms with van der Waals surface area (Å²) in [4.78, 5) is 21.1. The van der Waals surface area contributed by atoms with Crippen molar-refractivity contribution in [3.05, 3.63) is 62.7 Å². The Morgan fingerprint density at radius 1 is 1.28 bits per heavy atom. The number of rotatable bonds is 8. The van der Waals surface area contributed by atoms with Gasteiger partial charge in [-0.05, 0) is 36.8 Å². The van der Waals surface area contributed by atoms with Crippen LogP contribution >= 0.6 is 22.9 Å². The van der Waals surface area contributed by atoms with Crippen molar-refractivity contribution in [1.82, 2.24) is 20.6 Å². The maximum absolute atomic E-state index is 12.8. The normalized spacial score (nSPS) is 12.3. The largest absolute Gasteiger partial charge is 0.391 e. The van der Waals surface area contributed by atoms with Gasteiger partial charge in [-0.1, -0.05) is 23.7 Å². The van der Waals surface area contributed by atoms with E-state index in [0.29, 0.717) is 22.3 Å². The van der Waals surface area contributed by atoms with E-state index in [-0.39, 0.29) is 12.5 Å². The molecular formula is C19H23ClN6O2S. The van der Waals surface area contributed by atoms with Crippen molar-refractivity contribution in [2.75, 3.05) is 6.54 Å². The van der Waals surface area contributed by atoms with Gasteiger partial charge >= 0.3 is 0 Å². The highest BCUT2D eigenvalue weighted by molar-refractivity contribution is 7.11. The highest BCUT2D eigenvalue weighted by Crippen LogP contribution is 2.25. The van der Waals surface area contributed by atoms with Crippen LogP contribution < -0.4 is 22.1 Å². The molecule has 1 aromatic carbocycles. The number of aromatic nitrogens is 2. The van der Waals surface area contributed by atoms with E-state index in [0.717, 1.165) is 21.8 Å². The Morgan fingerprint density at radius 2 is 2.00 bits per heavy atom. The Bertz CT molecular complexity index is 969. The summed E-state index contributed by atoms with van der Waals surface area (Å²) in [7, 11) is 0. The van der Waals surface area contributed by atoms with Crippen molar-refractivity contribution >= 4 is 28.8 Å². The van der Waals surface area contributed by atoms with Crippen LogP contribution in [0.4, 0.5) is 0 Å². The van der Waals surface area contributed by atoms with Gasteiger partial charge in [0.2, 0.25) is 0 Å². The van der Waals surface area contributed by atoms with Crippen LogP contribution in [0.5, 0.6) is 0 Å². The molecule has 29 heavy (non-hydrogen) atoms. The number of aliphatic hydroxyl groups is 1. The summed E-state index contributed by atoms with van der Waals surface area (Å²) < 4.78 is 0. The molecule has 0 fully saturated rings. The van der Waals surface area contributed by atoms with Crippen molar-refractivity contribution in [2.24, 2.45) is 11.5 Å². The molecule has 0 spiro atoms. The number of nitrogens with one attached hydrogen (secondary N) is 3. The molecule has 0 aliphatic heterocycles. The quantitative estimate of drug-likeness (QED) is 0.299. The number of aryl methyl sites for hydroxylation is 1. The Labute approximate surface area is 177 Å². The van der Waals surface area contributed by atoms with Crippen molar-refractivity contribution in [1.29, 1.82) is 0 Å². The fourth-order valence-electron chi connectivity index (χ4n) is 2.76. The monoisotopic (exact) mass is 434 g/mol. The van der Waals surface area contributed by atoms with Crippen LogP contribution in [-0.2, 0) is 6.61 Å². The summed E-state index contributed by atoms with van der Waals surface area (Å²) in [5, 5.41) is 16.6. The lowest BCUT2D eigenvalue weighted by Crippen LogP contribution is -2.48. The molecule has 8 N–H and O–H groups in total. The standard InChI is InChI=1S/C19H23ClN6O2S/c1-10-16(9-27)29-18(24-10)15(8-23-19(21)22)26-17(28)14-7-6-13(25-14)11-2-4-12(20)5-3-11/h2-7,15,19,23,25,27H,8-9,21-22H2,1H3,(H,26,28). The zero-order valence-electron chi connectivity index (χ0n) is 15.8. The van der Waals surface area contributed by atoms with Gasteiger partial charge in [0, 0.05) is 17.3 Å². The molecular weight excluding hydrogens is 412 g/mol. The first-order chi connectivity index (χ1) is 13.9. The van der Waals surface area contributed by atoms with Gasteiger partial charge in [-0.15, -0.1) is 11.3 Å². The number of hydrogen-bond donors (Lipinski definition) is 6. The average Bonchev–Trinajstić information content (AvgIpc) is 3.32. The minimum Gasteiger partial charge on any atom is -0.391 e. The van der Waals surface area contributed by atoms with E-state index in [1.54, 1.807) is 18.2 Å². The van der Waals surface area contributed by atoms with E-state index in [1.165, 1.54) is 11.3 Å². The minimum absolute atomic E-state index is 0.102. The number of halogens is 1. The molecule has 0 aliphatic rings. The van der Waals surface area contributed by atoms with E-state index < -0.39 is 12.3 Å². The van der Waals surface area contributed by atoms with E-state index in [1.807, 2.05) is 25.1 Å². The summed E-state index contributed by atoms with van der Waals surface area (Å²) in [6.07, 6.45) is -0.727. The molecule has 0 aliphatic carbocycles. The van der Waals surface area contributed by atoms with Crippen LogP contribution in [0.1, 0.15) is 32.1 Å². The number of aromatic amines is 1. The average molecular weight is 435 g/mol. The molecule has 1 amide bonds. The van der Waals surface area contributed by atoms with Gasteiger partial charge in [0.1, 0.15) is 17.0 Å². The molecule has 0 saturated heterocycles. The van der Waals surface area contributed by atoms with E-state index in [4.69, 9.17) is 23.1 Å². The molecule has 154 valence electrons. The zero-order chi connectivity index (χ0) is 21.0. The van der Waals surface area contributed by atoms with Crippen LogP contribution in [0.15, 0.2) is 36.4 Å². The van der Waals surface area contributed by atoms with E-state index in [2.05, 4.69) is 20.6 Å². The Kier molecular flexibility index (Phi) is 7.01. The van der Waals surface area contributed by atoms with Gasteiger partial charge < -0.3 is 26.9 Å². The summed E-state index contributed by atoms with van der Waals surface area (Å²) in [6, 6.07) is 10.4. The smallest absolute Gasteiger partial charge is 0.268 e. The molecule has 1 atom stereocenters. The molecule has 0 saturated carbocycles. The van der Waals surface area contributed by atoms with Crippen LogP contribution in [0, 0.1) is 6.92 Å². The number of aliphatic hydroxyl groups excluding tert-OH is 1. The summed E-state index contributed by atoms with van der Waals surface area (Å²) in [5.41, 5.74) is 14.0. The van der Waals surface area contributed by atoms with Crippen molar-refractivity contribution in [3.8, 4) is 11.3 Å². The first-order valence-corrected chi connectivity index (χ1v) is 10.1. The highest BCUT2D eigenvalue weighted by Gasteiger charge is 2.21. The third-order valence-corrected chi connectivity index (χ3v) is 5.81. The molecule has 3 aromatic rings. The first-order valence-electron chi connectivity index (χ1n) is 8.94. The number of H-pyrrole nitrogens is 1. The zero-order valence-corrected chi connectivity index (χ0v) is 17.3. The minimum atomic E-state index is -0.727. The maximum atomic E-state index is 12.8. The highest BCUT2D eigenvalue weighted by atomic mass is 35.5. The van der Waals surface area contributed by atoms with Crippen molar-refractivity contribution < 1.29 is 9.90 Å².